The monoisotopic (exact) mass is 261 g/mol. The third-order valence-corrected chi connectivity index (χ3v) is 1.81. The van der Waals surface area contributed by atoms with Crippen molar-refractivity contribution in [1.29, 1.82) is 0 Å². The summed E-state index contributed by atoms with van der Waals surface area (Å²) in [5, 5.41) is 2.41. The van der Waals surface area contributed by atoms with Gasteiger partial charge in [0.15, 0.2) is 0 Å². The topological polar surface area (TPSA) is 73.9 Å². The molecule has 18 heavy (non-hydrogen) atoms. The number of hydrogen-bond donors (Lipinski definition) is 1. The van der Waals surface area contributed by atoms with Gasteiger partial charge < -0.3 is 19.5 Å². The van der Waals surface area contributed by atoms with E-state index in [1.165, 1.54) is 14.0 Å². The van der Waals surface area contributed by atoms with Crippen LogP contribution in [-0.2, 0) is 19.0 Å². The molecule has 0 aromatic rings. The van der Waals surface area contributed by atoms with Gasteiger partial charge in [0.2, 0.25) is 0 Å². The van der Waals surface area contributed by atoms with E-state index in [1.807, 2.05) is 0 Å². The standard InChI is InChI=1S/C12H23NO5/c1-8(7-16-6)17-10(14)9(2)13-11(15)18-12(3,4)5/h8-9H,7H2,1-6H3,(H,13,15)/t8-,9+/m0/s1. The van der Waals surface area contributed by atoms with Crippen LogP contribution >= 0.6 is 0 Å². The molecule has 0 fully saturated rings. The molecule has 0 unspecified atom stereocenters. The maximum Gasteiger partial charge on any atom is 0.408 e. The summed E-state index contributed by atoms with van der Waals surface area (Å²) in [6.45, 7) is 8.79. The van der Waals surface area contributed by atoms with Crippen molar-refractivity contribution in [1.82, 2.24) is 5.32 Å². The summed E-state index contributed by atoms with van der Waals surface area (Å²) >= 11 is 0. The molecule has 0 heterocycles. The zero-order chi connectivity index (χ0) is 14.3. The number of rotatable bonds is 5. The van der Waals surface area contributed by atoms with E-state index in [1.54, 1.807) is 27.7 Å². The van der Waals surface area contributed by atoms with E-state index >= 15 is 0 Å². The van der Waals surface area contributed by atoms with Crippen molar-refractivity contribution < 1.29 is 23.8 Å². The van der Waals surface area contributed by atoms with Gasteiger partial charge in [-0.2, -0.15) is 0 Å². The predicted octanol–water partition coefficient (Wildman–Crippen LogP) is 1.48. The molecule has 1 N–H and O–H groups in total. The average molecular weight is 261 g/mol. The molecule has 6 heteroatoms. The molecule has 2 atom stereocenters. The number of carbonyl (C=O) groups excluding carboxylic acids is 2. The molecule has 0 saturated heterocycles. The van der Waals surface area contributed by atoms with Crippen LogP contribution in [-0.4, -0.2) is 43.5 Å². The Labute approximate surface area is 108 Å². The van der Waals surface area contributed by atoms with Crippen molar-refractivity contribution in [2.24, 2.45) is 0 Å². The molecule has 0 aliphatic rings. The minimum Gasteiger partial charge on any atom is -0.459 e. The number of alkyl carbamates (subject to hydrolysis) is 1. The highest BCUT2D eigenvalue weighted by molar-refractivity contribution is 5.81. The Kier molecular flexibility index (Phi) is 6.68. The Morgan fingerprint density at radius 3 is 2.22 bits per heavy atom. The third-order valence-electron chi connectivity index (χ3n) is 1.81. The molecule has 0 spiro atoms. The highest BCUT2D eigenvalue weighted by Crippen LogP contribution is 2.07. The SMILES string of the molecule is COC[C@H](C)OC(=O)[C@@H](C)NC(=O)OC(C)(C)C. The Morgan fingerprint density at radius 2 is 1.78 bits per heavy atom. The fourth-order valence-corrected chi connectivity index (χ4v) is 1.11. The Hall–Kier alpha value is -1.30. The molecule has 0 aromatic carbocycles. The number of methoxy groups -OCH3 is 1. The Bertz CT molecular complexity index is 285. The molecule has 6 nitrogen and oxygen atoms in total. The lowest BCUT2D eigenvalue weighted by Gasteiger charge is -2.22. The molecule has 0 aliphatic carbocycles. The van der Waals surface area contributed by atoms with Gasteiger partial charge in [0, 0.05) is 7.11 Å². The van der Waals surface area contributed by atoms with E-state index in [4.69, 9.17) is 14.2 Å². The van der Waals surface area contributed by atoms with Crippen molar-refractivity contribution in [3.05, 3.63) is 0 Å². The third kappa shape index (κ3) is 7.89. The summed E-state index contributed by atoms with van der Waals surface area (Å²) in [5.41, 5.74) is -0.600. The van der Waals surface area contributed by atoms with Gasteiger partial charge in [-0.05, 0) is 34.6 Å². The molecule has 1 amide bonds. The second-order valence-corrected chi connectivity index (χ2v) is 5.07. The van der Waals surface area contributed by atoms with E-state index in [-0.39, 0.29) is 6.10 Å². The maximum atomic E-state index is 11.6. The second kappa shape index (κ2) is 7.20. The number of amides is 1. The Morgan fingerprint density at radius 1 is 1.22 bits per heavy atom. The van der Waals surface area contributed by atoms with Crippen molar-refractivity contribution in [2.45, 2.75) is 52.4 Å². The lowest BCUT2D eigenvalue weighted by atomic mass is 10.2. The lowest BCUT2D eigenvalue weighted by Crippen LogP contribution is -2.43. The molecular formula is C12H23NO5. The number of ether oxygens (including phenoxy) is 3. The van der Waals surface area contributed by atoms with Crippen LogP contribution < -0.4 is 5.32 Å². The fraction of sp³-hybridized carbons (Fsp3) is 0.833. The van der Waals surface area contributed by atoms with E-state index in [9.17, 15) is 9.59 Å². The molecule has 0 bridgehead atoms. The minimum atomic E-state index is -0.765. The van der Waals surface area contributed by atoms with Gasteiger partial charge in [0.1, 0.15) is 17.7 Å². The van der Waals surface area contributed by atoms with E-state index in [0.717, 1.165) is 0 Å². The number of nitrogens with one attached hydrogen (secondary N) is 1. The van der Waals surface area contributed by atoms with Crippen molar-refractivity contribution in [3.8, 4) is 0 Å². The second-order valence-electron chi connectivity index (χ2n) is 5.07. The van der Waals surface area contributed by atoms with Gasteiger partial charge >= 0.3 is 12.1 Å². The maximum absolute atomic E-state index is 11.6. The van der Waals surface area contributed by atoms with Crippen LogP contribution in [0.4, 0.5) is 4.79 Å². The summed E-state index contributed by atoms with van der Waals surface area (Å²) in [5.74, 6) is -0.523. The van der Waals surface area contributed by atoms with Gasteiger partial charge in [-0.25, -0.2) is 9.59 Å². The highest BCUT2D eigenvalue weighted by Gasteiger charge is 2.22. The first kappa shape index (κ1) is 16.7. The summed E-state index contributed by atoms with van der Waals surface area (Å²) in [6.07, 6.45) is -1.00. The molecule has 0 radical (unpaired) electrons. The summed E-state index contributed by atoms with van der Waals surface area (Å²) in [4.78, 5) is 23.0. The van der Waals surface area contributed by atoms with Crippen LogP contribution in [0.5, 0.6) is 0 Å². The summed E-state index contributed by atoms with van der Waals surface area (Å²) < 4.78 is 14.9. The van der Waals surface area contributed by atoms with Crippen LogP contribution in [0, 0.1) is 0 Å². The normalized spacial score (nSPS) is 14.6. The lowest BCUT2D eigenvalue weighted by molar-refractivity contribution is -0.152. The summed E-state index contributed by atoms with van der Waals surface area (Å²) in [6, 6.07) is -0.765. The smallest absolute Gasteiger partial charge is 0.408 e. The zero-order valence-electron chi connectivity index (χ0n) is 11.9. The van der Waals surface area contributed by atoms with E-state index in [2.05, 4.69) is 5.32 Å². The number of hydrogen-bond acceptors (Lipinski definition) is 5. The average Bonchev–Trinajstić information content (AvgIpc) is 2.14. The number of esters is 1. The van der Waals surface area contributed by atoms with Gasteiger partial charge in [0.25, 0.3) is 0 Å². The van der Waals surface area contributed by atoms with Crippen molar-refractivity contribution in [2.75, 3.05) is 13.7 Å². The first-order chi connectivity index (χ1) is 8.15. The molecule has 0 aliphatic heterocycles. The quantitative estimate of drug-likeness (QED) is 0.759. The largest absolute Gasteiger partial charge is 0.459 e. The first-order valence-corrected chi connectivity index (χ1v) is 5.84. The van der Waals surface area contributed by atoms with Gasteiger partial charge in [-0.1, -0.05) is 0 Å². The minimum absolute atomic E-state index is 0.310. The molecule has 0 saturated carbocycles. The predicted molar refractivity (Wildman–Crippen MR) is 66.3 cm³/mol. The molecule has 106 valence electrons. The summed E-state index contributed by atoms with van der Waals surface area (Å²) in [7, 11) is 1.52. The van der Waals surface area contributed by atoms with Gasteiger partial charge in [0.05, 0.1) is 6.61 Å². The molecule has 0 aromatic heterocycles. The molecule has 0 rings (SSSR count). The van der Waals surface area contributed by atoms with Crippen LogP contribution in [0.25, 0.3) is 0 Å². The van der Waals surface area contributed by atoms with Crippen LogP contribution in [0.1, 0.15) is 34.6 Å². The van der Waals surface area contributed by atoms with Gasteiger partial charge in [-0.15, -0.1) is 0 Å². The first-order valence-electron chi connectivity index (χ1n) is 5.84. The van der Waals surface area contributed by atoms with Crippen LogP contribution in [0.15, 0.2) is 0 Å². The van der Waals surface area contributed by atoms with Crippen molar-refractivity contribution >= 4 is 12.1 Å². The zero-order valence-corrected chi connectivity index (χ0v) is 11.9. The van der Waals surface area contributed by atoms with Gasteiger partial charge in [-0.3, -0.25) is 0 Å². The number of carbonyl (C=O) groups is 2. The van der Waals surface area contributed by atoms with Crippen LogP contribution in [0.2, 0.25) is 0 Å². The fourth-order valence-electron chi connectivity index (χ4n) is 1.11. The van der Waals surface area contributed by atoms with E-state index in [0.29, 0.717) is 6.61 Å². The Balaban J connectivity index is 4.12. The molecular weight excluding hydrogens is 238 g/mol. The van der Waals surface area contributed by atoms with Crippen molar-refractivity contribution in [3.63, 3.8) is 0 Å². The van der Waals surface area contributed by atoms with Crippen LogP contribution in [0.3, 0.4) is 0 Å². The van der Waals surface area contributed by atoms with E-state index < -0.39 is 23.7 Å². The highest BCUT2D eigenvalue weighted by atomic mass is 16.6.